The van der Waals surface area contributed by atoms with Crippen LogP contribution in [-0.2, 0) is 12.8 Å². The lowest BCUT2D eigenvalue weighted by atomic mass is 10.1. The Morgan fingerprint density at radius 1 is 0.729 bits per heavy atom. The number of aryl methyl sites for hydroxylation is 3. The molecule has 14 heteroatoms. The van der Waals surface area contributed by atoms with E-state index in [1.807, 2.05) is 55.6 Å². The van der Waals surface area contributed by atoms with Crippen LogP contribution in [0.3, 0.4) is 0 Å². The summed E-state index contributed by atoms with van der Waals surface area (Å²) in [5.74, 6) is 0.888. The van der Waals surface area contributed by atoms with Gasteiger partial charge in [0.25, 0.3) is 5.91 Å². The smallest absolute Gasteiger partial charge is 0.267 e. The van der Waals surface area contributed by atoms with Crippen LogP contribution in [0.4, 0.5) is 23.3 Å². The first kappa shape index (κ1) is 40.8. The van der Waals surface area contributed by atoms with E-state index in [0.717, 1.165) is 113 Å². The highest BCUT2D eigenvalue weighted by atomic mass is 16.1. The molecule has 4 aromatic heterocycles. The molecule has 2 unspecified atom stereocenters. The lowest BCUT2D eigenvalue weighted by molar-refractivity contribution is 0.0995. The number of nitrogens with two attached hydrogens (primary N) is 1. The highest BCUT2D eigenvalue weighted by molar-refractivity contribution is 5.91. The SMILES string of the molecule is [C-]#[N+]c1ccc2[nH]cc(CCCCN3CCN(c4nccc(C(N)=O)n4)C(C)C3)c2c1.[C-]#[N+]c1ccc2[nH]cc(CCCN3CCN(c4nccc(C)n4)C(C)C3)c2c1. The van der Waals surface area contributed by atoms with Crippen molar-refractivity contribution < 1.29 is 4.79 Å². The Bertz CT molecular complexity index is 2460. The number of primary amides is 1. The van der Waals surface area contributed by atoms with E-state index in [1.165, 1.54) is 16.5 Å². The molecule has 2 saturated heterocycles. The van der Waals surface area contributed by atoms with Crippen molar-refractivity contribution in [2.75, 3.05) is 62.2 Å². The molecule has 2 aliphatic rings. The normalized spacial score (nSPS) is 17.4. The van der Waals surface area contributed by atoms with Crippen molar-refractivity contribution in [1.29, 1.82) is 0 Å². The average Bonchev–Trinajstić information content (AvgIpc) is 3.85. The monoisotopic (exact) mass is 791 g/mol. The molecule has 6 heterocycles. The minimum absolute atomic E-state index is 0.250. The Morgan fingerprint density at radius 2 is 1.25 bits per heavy atom. The fourth-order valence-electron chi connectivity index (χ4n) is 8.29. The van der Waals surface area contributed by atoms with Gasteiger partial charge in [-0.15, -0.1) is 0 Å². The van der Waals surface area contributed by atoms with Crippen LogP contribution in [0.2, 0.25) is 0 Å². The van der Waals surface area contributed by atoms with Gasteiger partial charge in [0.2, 0.25) is 11.9 Å². The van der Waals surface area contributed by atoms with Gasteiger partial charge in [0, 0.05) is 92.9 Å². The molecule has 2 atom stereocenters. The molecule has 304 valence electrons. The van der Waals surface area contributed by atoms with Crippen molar-refractivity contribution >= 4 is 51.0 Å². The van der Waals surface area contributed by atoms with Gasteiger partial charge in [-0.25, -0.2) is 29.6 Å². The van der Waals surface area contributed by atoms with Gasteiger partial charge in [-0.1, -0.05) is 12.1 Å². The number of piperazine rings is 2. The van der Waals surface area contributed by atoms with E-state index in [2.05, 4.69) is 85.4 Å². The summed E-state index contributed by atoms with van der Waals surface area (Å²) in [4.78, 5) is 52.3. The van der Waals surface area contributed by atoms with Gasteiger partial charge >= 0.3 is 0 Å². The number of H-pyrrole nitrogens is 2. The third kappa shape index (κ3) is 10.0. The highest BCUT2D eigenvalue weighted by Crippen LogP contribution is 2.27. The van der Waals surface area contributed by atoms with Crippen LogP contribution in [0.1, 0.15) is 60.4 Å². The number of nitrogens with one attached hydrogen (secondary N) is 2. The van der Waals surface area contributed by atoms with Gasteiger partial charge in [0.15, 0.2) is 11.4 Å². The standard InChI is InChI=1S/C23H27N7O.C22H26N6/c1-16-15-29(11-12-30(16)23-26-9-8-21(28-23)22(24)31)10-4-3-5-17-14-27-20-7-6-18(25-2)13-19(17)20;1-16-8-9-24-22(26-16)28-12-11-27(15-17(28)2)10-4-5-18-14-25-21-7-6-19(23-3)13-20(18)21/h6-9,13-14,16,27H,3-5,10-12,15H2,1H3,(H2,24,31);6-9,13-14,17,25H,4-5,10-12,15H2,1-2H3. The topological polar surface area (TPSA) is 148 Å². The van der Waals surface area contributed by atoms with E-state index in [9.17, 15) is 4.79 Å². The number of amides is 1. The lowest BCUT2D eigenvalue weighted by Crippen LogP contribution is -2.52. The van der Waals surface area contributed by atoms with E-state index in [0.29, 0.717) is 23.4 Å². The van der Waals surface area contributed by atoms with Crippen molar-refractivity contribution in [3.05, 3.63) is 119 Å². The first-order valence-corrected chi connectivity index (χ1v) is 20.5. The molecular weight excluding hydrogens is 739 g/mol. The Hall–Kier alpha value is -6.35. The minimum atomic E-state index is -0.532. The summed E-state index contributed by atoms with van der Waals surface area (Å²) < 4.78 is 0. The summed E-state index contributed by atoms with van der Waals surface area (Å²) in [6.45, 7) is 28.7. The van der Waals surface area contributed by atoms with Gasteiger partial charge < -0.3 is 25.5 Å². The third-order valence-electron chi connectivity index (χ3n) is 11.5. The number of aromatic amines is 2. The molecule has 2 fully saturated rings. The molecule has 2 aliphatic heterocycles. The number of unbranched alkanes of at least 4 members (excludes halogenated alkanes) is 1. The van der Waals surface area contributed by atoms with E-state index >= 15 is 0 Å². The number of hydrogen-bond donors (Lipinski definition) is 3. The number of rotatable bonds is 12. The average molecular weight is 792 g/mol. The van der Waals surface area contributed by atoms with Crippen molar-refractivity contribution in [3.8, 4) is 0 Å². The van der Waals surface area contributed by atoms with Crippen LogP contribution in [0.15, 0.2) is 73.3 Å². The van der Waals surface area contributed by atoms with Crippen molar-refractivity contribution in [2.24, 2.45) is 5.73 Å². The van der Waals surface area contributed by atoms with Gasteiger partial charge in [-0.2, -0.15) is 0 Å². The number of hydrogen-bond acceptors (Lipinski definition) is 9. The van der Waals surface area contributed by atoms with Crippen LogP contribution in [0.5, 0.6) is 0 Å². The zero-order valence-electron chi connectivity index (χ0n) is 34.2. The van der Waals surface area contributed by atoms with Gasteiger partial charge in [-0.3, -0.25) is 14.6 Å². The second kappa shape index (κ2) is 18.9. The molecule has 2 aromatic carbocycles. The highest BCUT2D eigenvalue weighted by Gasteiger charge is 2.27. The van der Waals surface area contributed by atoms with Gasteiger partial charge in [-0.05, 0) is 124 Å². The Morgan fingerprint density at radius 3 is 1.78 bits per heavy atom. The molecule has 0 radical (unpaired) electrons. The quantitative estimate of drug-likeness (QED) is 0.0872. The van der Waals surface area contributed by atoms with E-state index < -0.39 is 5.91 Å². The summed E-state index contributed by atoms with van der Waals surface area (Å²) in [6.07, 6.45) is 13.0. The molecule has 14 nitrogen and oxygen atoms in total. The molecule has 4 N–H and O–H groups in total. The molecule has 0 bridgehead atoms. The first-order chi connectivity index (χ1) is 28.7. The number of aromatic nitrogens is 6. The lowest BCUT2D eigenvalue weighted by Gasteiger charge is -2.40. The largest absolute Gasteiger partial charge is 0.364 e. The fourth-order valence-corrected chi connectivity index (χ4v) is 8.29. The number of benzene rings is 2. The first-order valence-electron chi connectivity index (χ1n) is 20.5. The zero-order valence-corrected chi connectivity index (χ0v) is 34.2. The maximum Gasteiger partial charge on any atom is 0.267 e. The number of carbonyl (C=O) groups is 1. The second-order valence-corrected chi connectivity index (χ2v) is 15.7. The molecule has 0 spiro atoms. The van der Waals surface area contributed by atoms with Crippen LogP contribution in [0, 0.1) is 20.1 Å². The fraction of sp³-hybridized carbons (Fsp3) is 0.400. The molecule has 8 rings (SSSR count). The van der Waals surface area contributed by atoms with Gasteiger partial charge in [0.05, 0.1) is 13.1 Å². The number of fused-ring (bicyclic) bond motifs is 2. The summed E-state index contributed by atoms with van der Waals surface area (Å²) in [7, 11) is 0. The summed E-state index contributed by atoms with van der Waals surface area (Å²) in [5, 5.41) is 2.34. The van der Waals surface area contributed by atoms with Crippen LogP contribution in [-0.4, -0.2) is 110 Å². The predicted octanol–water partition coefficient (Wildman–Crippen LogP) is 7.10. The Kier molecular flexibility index (Phi) is 13.1. The third-order valence-corrected chi connectivity index (χ3v) is 11.5. The van der Waals surface area contributed by atoms with Crippen LogP contribution < -0.4 is 15.5 Å². The molecule has 1 amide bonds. The van der Waals surface area contributed by atoms with E-state index in [4.69, 9.17) is 18.9 Å². The molecular formula is C45H53N13O. The second-order valence-electron chi connectivity index (χ2n) is 15.7. The number of anilines is 2. The van der Waals surface area contributed by atoms with E-state index in [-0.39, 0.29) is 11.7 Å². The number of nitrogens with zero attached hydrogens (tertiary/aromatic N) is 10. The van der Waals surface area contributed by atoms with Crippen LogP contribution >= 0.6 is 0 Å². The Labute approximate surface area is 346 Å². The van der Waals surface area contributed by atoms with E-state index in [1.54, 1.807) is 12.3 Å². The molecule has 0 aliphatic carbocycles. The van der Waals surface area contributed by atoms with Crippen molar-refractivity contribution in [2.45, 2.75) is 65.0 Å². The molecule has 59 heavy (non-hydrogen) atoms. The minimum Gasteiger partial charge on any atom is -0.364 e. The van der Waals surface area contributed by atoms with Gasteiger partial charge in [0.1, 0.15) is 5.69 Å². The predicted molar refractivity (Wildman–Crippen MR) is 234 cm³/mol. The maximum atomic E-state index is 11.4. The summed E-state index contributed by atoms with van der Waals surface area (Å²) in [6, 6.07) is 15.8. The Balaban J connectivity index is 0.000000180. The van der Waals surface area contributed by atoms with Crippen molar-refractivity contribution in [3.63, 3.8) is 0 Å². The summed E-state index contributed by atoms with van der Waals surface area (Å²) >= 11 is 0. The maximum absolute atomic E-state index is 11.4. The molecule has 0 saturated carbocycles. The zero-order chi connectivity index (χ0) is 41.3. The van der Waals surface area contributed by atoms with Crippen molar-refractivity contribution in [1.82, 2.24) is 39.7 Å². The molecule has 6 aromatic rings. The number of carbonyl (C=O) groups excluding carboxylic acids is 1. The summed E-state index contributed by atoms with van der Waals surface area (Å²) in [5.41, 5.74) is 12.8. The van der Waals surface area contributed by atoms with Crippen LogP contribution in [0.25, 0.3) is 31.5 Å².